The van der Waals surface area contributed by atoms with E-state index >= 15 is 0 Å². The molecule has 1 saturated heterocycles. The second kappa shape index (κ2) is 7.51. The monoisotopic (exact) mass is 311 g/mol. The van der Waals surface area contributed by atoms with Crippen molar-refractivity contribution in [3.8, 4) is 0 Å². The first-order chi connectivity index (χ1) is 10.5. The van der Waals surface area contributed by atoms with Crippen molar-refractivity contribution in [2.24, 2.45) is 0 Å². The van der Waals surface area contributed by atoms with Crippen LogP contribution in [0.25, 0.3) is 0 Å². The SMILES string of the molecule is CC1CN(CCCNc2cc(F)ccc2[N+](=O)[O-])CC(C)O1. The van der Waals surface area contributed by atoms with E-state index < -0.39 is 10.7 Å². The Morgan fingerprint density at radius 3 is 2.73 bits per heavy atom. The van der Waals surface area contributed by atoms with Crippen LogP contribution < -0.4 is 5.32 Å². The lowest BCUT2D eigenvalue weighted by Gasteiger charge is -2.35. The molecule has 2 rings (SSSR count). The number of anilines is 1. The molecule has 0 aromatic heterocycles. The third-order valence-electron chi connectivity index (χ3n) is 3.62. The minimum Gasteiger partial charge on any atom is -0.379 e. The standard InChI is InChI=1S/C15H22FN3O3/c1-11-9-18(10-12(2)22-11)7-3-6-17-14-8-13(16)4-5-15(14)19(20)21/h4-5,8,11-12,17H,3,6-7,9-10H2,1-2H3. The highest BCUT2D eigenvalue weighted by molar-refractivity contribution is 5.61. The van der Waals surface area contributed by atoms with E-state index in [2.05, 4.69) is 24.1 Å². The number of morpholine rings is 1. The summed E-state index contributed by atoms with van der Waals surface area (Å²) in [7, 11) is 0. The molecular weight excluding hydrogens is 289 g/mol. The van der Waals surface area contributed by atoms with Crippen molar-refractivity contribution < 1.29 is 14.1 Å². The molecule has 0 spiro atoms. The summed E-state index contributed by atoms with van der Waals surface area (Å²) in [5, 5.41) is 13.9. The number of halogens is 1. The van der Waals surface area contributed by atoms with Gasteiger partial charge in [0, 0.05) is 38.3 Å². The topological polar surface area (TPSA) is 67.6 Å². The van der Waals surface area contributed by atoms with Crippen LogP contribution in [-0.4, -0.2) is 48.2 Å². The zero-order chi connectivity index (χ0) is 16.1. The summed E-state index contributed by atoms with van der Waals surface area (Å²) >= 11 is 0. The largest absolute Gasteiger partial charge is 0.379 e. The summed E-state index contributed by atoms with van der Waals surface area (Å²) in [5.74, 6) is -0.482. The molecule has 2 unspecified atom stereocenters. The van der Waals surface area contributed by atoms with Gasteiger partial charge in [0.1, 0.15) is 11.5 Å². The van der Waals surface area contributed by atoms with Crippen molar-refractivity contribution >= 4 is 11.4 Å². The van der Waals surface area contributed by atoms with Gasteiger partial charge in [-0.3, -0.25) is 15.0 Å². The van der Waals surface area contributed by atoms with Gasteiger partial charge in [-0.25, -0.2) is 4.39 Å². The van der Waals surface area contributed by atoms with Gasteiger partial charge in [-0.15, -0.1) is 0 Å². The number of hydrogen-bond acceptors (Lipinski definition) is 5. The fraction of sp³-hybridized carbons (Fsp3) is 0.600. The van der Waals surface area contributed by atoms with Gasteiger partial charge in [0.05, 0.1) is 17.1 Å². The summed E-state index contributed by atoms with van der Waals surface area (Å²) in [6.45, 7) is 7.33. The van der Waals surface area contributed by atoms with Gasteiger partial charge in [-0.1, -0.05) is 0 Å². The maximum absolute atomic E-state index is 13.2. The van der Waals surface area contributed by atoms with E-state index in [1.165, 1.54) is 6.07 Å². The van der Waals surface area contributed by atoms with E-state index in [1.807, 2.05) is 0 Å². The number of nitro groups is 1. The molecule has 2 atom stereocenters. The molecule has 0 radical (unpaired) electrons. The van der Waals surface area contributed by atoms with Crippen molar-refractivity contribution in [2.45, 2.75) is 32.5 Å². The Bertz CT molecular complexity index is 517. The van der Waals surface area contributed by atoms with Crippen molar-refractivity contribution in [3.63, 3.8) is 0 Å². The van der Waals surface area contributed by atoms with Crippen molar-refractivity contribution in [1.29, 1.82) is 0 Å². The fourth-order valence-electron chi connectivity index (χ4n) is 2.80. The first-order valence-corrected chi connectivity index (χ1v) is 7.51. The van der Waals surface area contributed by atoms with Crippen molar-refractivity contribution in [3.05, 3.63) is 34.1 Å². The van der Waals surface area contributed by atoms with Crippen LogP contribution in [0, 0.1) is 15.9 Å². The molecule has 0 aliphatic carbocycles. The van der Waals surface area contributed by atoms with Gasteiger partial charge in [-0.2, -0.15) is 0 Å². The molecule has 0 saturated carbocycles. The lowest BCUT2D eigenvalue weighted by molar-refractivity contribution is -0.384. The van der Waals surface area contributed by atoms with Crippen LogP contribution in [0.15, 0.2) is 18.2 Å². The van der Waals surface area contributed by atoms with Crippen LogP contribution in [0.5, 0.6) is 0 Å². The van der Waals surface area contributed by atoms with Crippen LogP contribution in [0.2, 0.25) is 0 Å². The molecular formula is C15H22FN3O3. The van der Waals surface area contributed by atoms with E-state index in [1.54, 1.807) is 0 Å². The third-order valence-corrected chi connectivity index (χ3v) is 3.62. The Morgan fingerprint density at radius 2 is 2.09 bits per heavy atom. The quantitative estimate of drug-likeness (QED) is 0.497. The molecule has 1 aliphatic heterocycles. The van der Waals surface area contributed by atoms with Gasteiger partial charge < -0.3 is 10.1 Å². The van der Waals surface area contributed by atoms with Crippen LogP contribution in [0.4, 0.5) is 15.8 Å². The zero-order valence-electron chi connectivity index (χ0n) is 12.9. The Hall–Kier alpha value is -1.73. The molecule has 7 heteroatoms. The Morgan fingerprint density at radius 1 is 1.41 bits per heavy atom. The number of nitro benzene ring substituents is 1. The van der Waals surface area contributed by atoms with E-state index in [4.69, 9.17) is 4.74 Å². The molecule has 1 aromatic rings. The molecule has 0 bridgehead atoms. The average molecular weight is 311 g/mol. The molecule has 1 fully saturated rings. The first-order valence-electron chi connectivity index (χ1n) is 7.51. The minimum absolute atomic E-state index is 0.102. The van der Waals surface area contributed by atoms with Gasteiger partial charge in [0.25, 0.3) is 5.69 Å². The zero-order valence-corrected chi connectivity index (χ0v) is 12.9. The predicted molar refractivity (Wildman–Crippen MR) is 82.6 cm³/mol. The number of ether oxygens (including phenoxy) is 1. The van der Waals surface area contributed by atoms with Crippen molar-refractivity contribution in [1.82, 2.24) is 4.90 Å². The second-order valence-corrected chi connectivity index (χ2v) is 5.72. The fourth-order valence-corrected chi connectivity index (χ4v) is 2.80. The highest BCUT2D eigenvalue weighted by Crippen LogP contribution is 2.24. The molecule has 1 aromatic carbocycles. The predicted octanol–water partition coefficient (Wildman–Crippen LogP) is 2.65. The van der Waals surface area contributed by atoms with Gasteiger partial charge in [-0.05, 0) is 26.3 Å². The third kappa shape index (κ3) is 4.64. The molecule has 122 valence electrons. The van der Waals surface area contributed by atoms with Gasteiger partial charge >= 0.3 is 0 Å². The Labute approximate surface area is 129 Å². The Kier molecular flexibility index (Phi) is 5.68. The summed E-state index contributed by atoms with van der Waals surface area (Å²) in [6.07, 6.45) is 1.27. The van der Waals surface area contributed by atoms with E-state index in [0.717, 1.165) is 38.2 Å². The molecule has 1 aliphatic rings. The van der Waals surface area contributed by atoms with Crippen LogP contribution in [0.3, 0.4) is 0 Å². The molecule has 0 amide bonds. The lowest BCUT2D eigenvalue weighted by atomic mass is 10.2. The molecule has 22 heavy (non-hydrogen) atoms. The number of hydrogen-bond donors (Lipinski definition) is 1. The summed E-state index contributed by atoms with van der Waals surface area (Å²) in [5.41, 5.74) is 0.128. The van der Waals surface area contributed by atoms with Gasteiger partial charge in [0.15, 0.2) is 0 Å². The highest BCUT2D eigenvalue weighted by Gasteiger charge is 2.21. The summed E-state index contributed by atoms with van der Waals surface area (Å²) in [4.78, 5) is 12.7. The molecule has 1 heterocycles. The second-order valence-electron chi connectivity index (χ2n) is 5.72. The first kappa shape index (κ1) is 16.6. The minimum atomic E-state index is -0.507. The maximum atomic E-state index is 13.2. The lowest BCUT2D eigenvalue weighted by Crippen LogP contribution is -2.45. The number of nitrogens with one attached hydrogen (secondary N) is 1. The normalized spacial score (nSPS) is 22.5. The van der Waals surface area contributed by atoms with Crippen molar-refractivity contribution in [2.75, 3.05) is 31.5 Å². The van der Waals surface area contributed by atoms with Crippen LogP contribution in [0.1, 0.15) is 20.3 Å². The smallest absolute Gasteiger partial charge is 0.292 e. The van der Waals surface area contributed by atoms with Crippen LogP contribution >= 0.6 is 0 Å². The summed E-state index contributed by atoms with van der Waals surface area (Å²) in [6, 6.07) is 3.44. The number of rotatable bonds is 6. The number of benzene rings is 1. The molecule has 1 N–H and O–H groups in total. The van der Waals surface area contributed by atoms with Crippen LogP contribution in [-0.2, 0) is 4.74 Å². The average Bonchev–Trinajstić information content (AvgIpc) is 2.42. The molecule has 6 nitrogen and oxygen atoms in total. The number of nitrogens with zero attached hydrogens (tertiary/aromatic N) is 2. The van der Waals surface area contributed by atoms with E-state index in [-0.39, 0.29) is 23.6 Å². The van der Waals surface area contributed by atoms with E-state index in [0.29, 0.717) is 6.54 Å². The van der Waals surface area contributed by atoms with E-state index in [9.17, 15) is 14.5 Å². The maximum Gasteiger partial charge on any atom is 0.292 e. The summed E-state index contributed by atoms with van der Waals surface area (Å²) < 4.78 is 18.9. The van der Waals surface area contributed by atoms with Gasteiger partial charge in [0.2, 0.25) is 0 Å². The highest BCUT2D eigenvalue weighted by atomic mass is 19.1. The Balaban J connectivity index is 1.81.